The van der Waals surface area contributed by atoms with E-state index in [4.69, 9.17) is 0 Å². The zero-order valence-electron chi connectivity index (χ0n) is 28.9. The summed E-state index contributed by atoms with van der Waals surface area (Å²) in [5.74, 6) is 0. The van der Waals surface area contributed by atoms with Crippen molar-refractivity contribution < 1.29 is 294 Å². The van der Waals surface area contributed by atoms with Gasteiger partial charge in [-0.05, 0) is 85.0 Å². The summed E-state index contributed by atoms with van der Waals surface area (Å²) in [5.41, 5.74) is -3.51. The molecule has 0 saturated carbocycles. The zero-order valence-corrected chi connectivity index (χ0v) is 48.5. The Balaban J connectivity index is -0.000000844. The van der Waals surface area contributed by atoms with Crippen LogP contribution in [-0.4, -0.2) is 0 Å². The number of hydrogen-bond donors (Lipinski definition) is 0. The van der Waals surface area contributed by atoms with Crippen molar-refractivity contribution >= 4 is 62.7 Å². The van der Waals surface area contributed by atoms with E-state index in [0.29, 0.717) is 0 Å². The fourth-order valence-corrected chi connectivity index (χ4v) is 7.52. The molecule has 4 rings (SSSR count). The smallest absolute Gasteiger partial charge is 0.807 e. The standard InChI is InChI=1S/C26H24O12P4.8Na/c27-39(28,29)21-13-5-1-9-17(21)25(18-10-2-6-14-22(18)40(30,31)32)26(19-11-3-7-15-23(19)41(33,34)35)20-12-4-8-16-24(20)42(36,37)38;;;;;;;;/h1-16H,(H2,27,28,29)(H2,30,31,32)(H2,33,34,35)(H2,36,37,38);;;;;;;;/q;8*+1/p-8. The summed E-state index contributed by atoms with van der Waals surface area (Å²) in [7, 11) is -22.9. The molecule has 0 fully saturated rings. The van der Waals surface area contributed by atoms with Crippen molar-refractivity contribution in [3.05, 3.63) is 119 Å². The van der Waals surface area contributed by atoms with Gasteiger partial charge in [-0.25, -0.2) is 0 Å². The molecule has 4 aromatic rings. The Hall–Kier alpha value is 5.22. The fraction of sp³-hybridized carbons (Fsp3) is 0. The Bertz CT molecular complexity index is 1650. The molecule has 0 saturated heterocycles. The summed E-state index contributed by atoms with van der Waals surface area (Å²) < 4.78 is 49.6. The van der Waals surface area contributed by atoms with E-state index in [2.05, 4.69) is 0 Å². The van der Waals surface area contributed by atoms with E-state index < -0.39 is 85.0 Å². The zero-order chi connectivity index (χ0) is 31.1. The van der Waals surface area contributed by atoms with Crippen molar-refractivity contribution in [3.8, 4) is 0 Å². The first kappa shape index (κ1) is 64.4. The minimum Gasteiger partial charge on any atom is -0.807 e. The van der Waals surface area contributed by atoms with Crippen LogP contribution in [0, 0.1) is 0 Å². The van der Waals surface area contributed by atoms with Crippen LogP contribution in [0.25, 0.3) is 11.1 Å². The molecule has 0 heterocycles. The third-order valence-corrected chi connectivity index (χ3v) is 10.0. The van der Waals surface area contributed by atoms with E-state index in [9.17, 15) is 57.4 Å². The van der Waals surface area contributed by atoms with E-state index in [1.165, 1.54) is 24.3 Å². The average Bonchev–Trinajstić information content (AvgIpc) is 2.90. The van der Waals surface area contributed by atoms with Gasteiger partial charge in [-0.15, -0.1) is 0 Å². The maximum absolute atomic E-state index is 12.4. The second-order valence-corrected chi connectivity index (χ2v) is 14.7. The maximum atomic E-state index is 12.4. The summed E-state index contributed by atoms with van der Waals surface area (Å²) in [6.45, 7) is 0. The minimum atomic E-state index is -5.71. The van der Waals surface area contributed by atoms with Crippen LogP contribution < -0.4 is 297 Å². The predicted molar refractivity (Wildman–Crippen MR) is 140 cm³/mol. The summed E-state index contributed by atoms with van der Waals surface area (Å²) in [6, 6.07) is 17.2. The van der Waals surface area contributed by atoms with Crippen LogP contribution >= 0.6 is 30.4 Å². The SMILES string of the molecule is O=P([O-])([O-])c1ccccc1C(=C(c1ccccc1P(=O)([O-])[O-])c1ccccc1P(=O)([O-])[O-])c1ccccc1P(=O)([O-])[O-].[Na+].[Na+].[Na+].[Na+].[Na+].[Na+].[Na+].[Na+]. The first-order valence-corrected chi connectivity index (χ1v) is 17.8. The molecule has 0 unspecified atom stereocenters. The van der Waals surface area contributed by atoms with Crippen molar-refractivity contribution in [2.75, 3.05) is 0 Å². The molecule has 0 spiro atoms. The van der Waals surface area contributed by atoms with Crippen molar-refractivity contribution in [2.45, 2.75) is 0 Å². The Morgan fingerprint density at radius 2 is 0.440 bits per heavy atom. The van der Waals surface area contributed by atoms with Crippen LogP contribution in [-0.2, 0) is 18.3 Å². The molecule has 0 radical (unpaired) electrons. The van der Waals surface area contributed by atoms with Gasteiger partial charge in [0, 0.05) is 0 Å². The van der Waals surface area contributed by atoms with Crippen molar-refractivity contribution in [3.63, 3.8) is 0 Å². The Morgan fingerprint density at radius 3 is 0.580 bits per heavy atom. The molecule has 0 aliphatic rings. The van der Waals surface area contributed by atoms with Crippen LogP contribution in [0.1, 0.15) is 22.3 Å². The number of hydrogen-bond acceptors (Lipinski definition) is 12. The summed E-state index contributed by atoms with van der Waals surface area (Å²) in [5, 5.41) is -3.75. The van der Waals surface area contributed by atoms with Crippen LogP contribution in [0.2, 0.25) is 0 Å². The van der Waals surface area contributed by atoms with Gasteiger partial charge in [-0.1, -0.05) is 97.1 Å². The Labute approximate surface area is 466 Å². The molecule has 12 nitrogen and oxygen atoms in total. The number of benzene rings is 4. The van der Waals surface area contributed by atoms with Gasteiger partial charge < -0.3 is 57.4 Å². The number of rotatable bonds is 8. The molecule has 0 aliphatic heterocycles. The molecule has 0 amide bonds. The molecule has 0 aliphatic carbocycles. The van der Waals surface area contributed by atoms with E-state index in [0.717, 1.165) is 72.8 Å². The Morgan fingerprint density at radius 1 is 0.300 bits per heavy atom. The van der Waals surface area contributed by atoms with E-state index in [1.807, 2.05) is 0 Å². The molecule has 4 aromatic carbocycles. The first-order chi connectivity index (χ1) is 19.4. The fourth-order valence-electron chi connectivity index (χ4n) is 4.52. The van der Waals surface area contributed by atoms with Gasteiger partial charge in [0.1, 0.15) is 0 Å². The monoisotopic (exact) mass is 828 g/mol. The first-order valence-electron chi connectivity index (χ1n) is 11.6. The van der Waals surface area contributed by atoms with Gasteiger partial charge in [-0.2, -0.15) is 0 Å². The van der Waals surface area contributed by atoms with Crippen LogP contribution in [0.3, 0.4) is 0 Å². The second-order valence-electron chi connectivity index (χ2n) is 8.81. The quantitative estimate of drug-likeness (QED) is 0.0913. The summed E-state index contributed by atoms with van der Waals surface area (Å²) in [6.07, 6.45) is 0. The molecular weight excluding hydrogens is 812 g/mol. The topological polar surface area (TPSA) is 253 Å². The summed E-state index contributed by atoms with van der Waals surface area (Å²) in [4.78, 5) is 99.2. The van der Waals surface area contributed by atoms with Gasteiger partial charge in [0.25, 0.3) is 0 Å². The van der Waals surface area contributed by atoms with Gasteiger partial charge >= 0.3 is 236 Å². The third-order valence-electron chi connectivity index (χ3n) is 6.12. The predicted octanol–water partition coefficient (Wildman–Crippen LogP) is -27.1. The van der Waals surface area contributed by atoms with Crippen molar-refractivity contribution in [1.29, 1.82) is 0 Å². The maximum Gasteiger partial charge on any atom is 1.00 e. The molecule has 24 heteroatoms. The molecule has 0 bridgehead atoms. The van der Waals surface area contributed by atoms with E-state index in [-0.39, 0.29) is 236 Å². The summed E-state index contributed by atoms with van der Waals surface area (Å²) >= 11 is 0. The molecule has 0 aromatic heterocycles. The molecule has 220 valence electrons. The molecule has 50 heavy (non-hydrogen) atoms. The van der Waals surface area contributed by atoms with Crippen LogP contribution in [0.15, 0.2) is 97.1 Å². The Kier molecular flexibility index (Phi) is 34.9. The normalized spacial score (nSPS) is 10.6. The van der Waals surface area contributed by atoms with Crippen LogP contribution in [0.5, 0.6) is 0 Å². The molecule has 0 atom stereocenters. The van der Waals surface area contributed by atoms with Crippen LogP contribution in [0.4, 0.5) is 0 Å². The molecular formula is C26H16Na8O12P4. The molecule has 0 N–H and O–H groups in total. The average molecular weight is 828 g/mol. The van der Waals surface area contributed by atoms with E-state index in [1.54, 1.807) is 0 Å². The third kappa shape index (κ3) is 16.7. The van der Waals surface area contributed by atoms with Gasteiger partial charge in [0.2, 0.25) is 0 Å². The van der Waals surface area contributed by atoms with Gasteiger partial charge in [0.15, 0.2) is 0 Å². The second kappa shape index (κ2) is 27.1. The largest absolute Gasteiger partial charge is 1.00 e. The minimum absolute atomic E-state index is 0. The van der Waals surface area contributed by atoms with Crippen molar-refractivity contribution in [2.24, 2.45) is 0 Å². The van der Waals surface area contributed by atoms with Crippen molar-refractivity contribution in [1.82, 2.24) is 0 Å². The van der Waals surface area contributed by atoms with Gasteiger partial charge in [-0.3, -0.25) is 0 Å². The van der Waals surface area contributed by atoms with E-state index >= 15 is 0 Å². The van der Waals surface area contributed by atoms with Gasteiger partial charge in [0.05, 0.1) is 0 Å².